The minimum atomic E-state index is -0.0141. The number of aryl methyl sites for hydroxylation is 1. The number of carbonyl (C=O) groups excluding carboxylic acids is 2. The number of aromatic nitrogens is 1. The Morgan fingerprint density at radius 2 is 1.95 bits per heavy atom. The van der Waals surface area contributed by atoms with Gasteiger partial charge in [-0.3, -0.25) is 9.59 Å². The molecule has 2 aliphatic rings. The van der Waals surface area contributed by atoms with Crippen molar-refractivity contribution < 1.29 is 14.3 Å². The molecule has 8 heteroatoms. The minimum absolute atomic E-state index is 0.0141. The van der Waals surface area contributed by atoms with Crippen LogP contribution in [0.4, 0.5) is 0 Å². The molecule has 3 aromatic rings. The monoisotopic (exact) mass is 581 g/mol. The van der Waals surface area contributed by atoms with Gasteiger partial charge in [-0.05, 0) is 61.4 Å². The molecule has 0 N–H and O–H groups in total. The highest BCUT2D eigenvalue weighted by Gasteiger charge is 2.30. The van der Waals surface area contributed by atoms with Gasteiger partial charge in [0.25, 0.3) is 5.91 Å². The summed E-state index contributed by atoms with van der Waals surface area (Å²) < 4.78 is 6.36. The van der Waals surface area contributed by atoms with Gasteiger partial charge in [-0.1, -0.05) is 40.2 Å². The molecule has 1 aromatic heterocycles. The summed E-state index contributed by atoms with van der Waals surface area (Å²) in [5.74, 6) is 1.10. The summed E-state index contributed by atoms with van der Waals surface area (Å²) >= 11 is 5.05. The third kappa shape index (κ3) is 5.60. The first kappa shape index (κ1) is 25.9. The molecule has 6 nitrogen and oxygen atoms in total. The fourth-order valence-electron chi connectivity index (χ4n) is 5.56. The number of hydrogen-bond acceptors (Lipinski definition) is 5. The molecule has 1 fully saturated rings. The zero-order valence-electron chi connectivity index (χ0n) is 21.3. The smallest absolute Gasteiger partial charge is 0.273 e. The maximum absolute atomic E-state index is 13.3. The van der Waals surface area contributed by atoms with Gasteiger partial charge in [-0.2, -0.15) is 0 Å². The van der Waals surface area contributed by atoms with Crippen LogP contribution in [0.3, 0.4) is 0 Å². The molecule has 0 unspecified atom stereocenters. The highest BCUT2D eigenvalue weighted by molar-refractivity contribution is 9.10. The van der Waals surface area contributed by atoms with Crippen molar-refractivity contribution in [3.63, 3.8) is 0 Å². The molecule has 0 bridgehead atoms. The Kier molecular flexibility index (Phi) is 7.95. The topological polar surface area (TPSA) is 62.7 Å². The molecule has 2 amide bonds. The number of nitrogens with zero attached hydrogens (tertiary/aromatic N) is 3. The molecule has 2 heterocycles. The number of thiazole rings is 1. The van der Waals surface area contributed by atoms with Crippen LogP contribution in [-0.2, 0) is 17.6 Å². The summed E-state index contributed by atoms with van der Waals surface area (Å²) in [6.07, 6.45) is 5.18. The Labute approximate surface area is 230 Å². The summed E-state index contributed by atoms with van der Waals surface area (Å²) in [7, 11) is 3.53. The minimum Gasteiger partial charge on any atom is -0.496 e. The first-order valence-electron chi connectivity index (χ1n) is 12.8. The van der Waals surface area contributed by atoms with E-state index in [4.69, 9.17) is 9.72 Å². The van der Waals surface area contributed by atoms with Crippen LogP contribution in [0.1, 0.15) is 69.8 Å². The van der Waals surface area contributed by atoms with Crippen molar-refractivity contribution in [2.24, 2.45) is 0 Å². The van der Waals surface area contributed by atoms with Crippen LogP contribution in [0.25, 0.3) is 0 Å². The van der Waals surface area contributed by atoms with E-state index in [9.17, 15) is 9.59 Å². The lowest BCUT2D eigenvalue weighted by Crippen LogP contribution is -2.38. The number of carbonyl (C=O) groups is 2. The average Bonchev–Trinajstić information content (AvgIpc) is 3.42. The normalized spacial score (nSPS) is 17.8. The van der Waals surface area contributed by atoms with Crippen LogP contribution < -0.4 is 4.74 Å². The van der Waals surface area contributed by atoms with Gasteiger partial charge in [0.1, 0.15) is 11.4 Å². The van der Waals surface area contributed by atoms with Crippen LogP contribution in [0.15, 0.2) is 52.3 Å². The summed E-state index contributed by atoms with van der Waals surface area (Å²) in [5, 5.41) is 2.90. The molecule has 0 spiro atoms. The van der Waals surface area contributed by atoms with Crippen LogP contribution >= 0.6 is 27.3 Å². The maximum atomic E-state index is 13.3. The van der Waals surface area contributed by atoms with E-state index in [2.05, 4.69) is 40.2 Å². The van der Waals surface area contributed by atoms with Gasteiger partial charge in [0, 0.05) is 41.5 Å². The van der Waals surface area contributed by atoms with Gasteiger partial charge in [0.15, 0.2) is 0 Å². The maximum Gasteiger partial charge on any atom is 0.273 e. The van der Waals surface area contributed by atoms with Crippen LogP contribution in [0, 0.1) is 0 Å². The zero-order chi connectivity index (χ0) is 25.9. The molecule has 1 aliphatic heterocycles. The SMILES string of the molecule is COc1ccc(Br)cc1CC(=O)N1CCC(c2nc(C(=O)N(C)[C@@H]3CCCc4ccccc43)cs2)CC1. The second-order valence-corrected chi connectivity index (χ2v) is 11.7. The number of methoxy groups -OCH3 is 1. The van der Waals surface area contributed by atoms with E-state index in [1.807, 2.05) is 40.4 Å². The van der Waals surface area contributed by atoms with Gasteiger partial charge in [0.05, 0.1) is 24.6 Å². The Hall–Kier alpha value is -2.71. The second-order valence-electron chi connectivity index (χ2n) is 9.88. The van der Waals surface area contributed by atoms with E-state index in [0.717, 1.165) is 52.9 Å². The van der Waals surface area contributed by atoms with E-state index in [1.54, 1.807) is 18.4 Å². The Bertz CT molecular complexity index is 1280. The molecule has 1 aliphatic carbocycles. The van der Waals surface area contributed by atoms with Gasteiger partial charge in [0.2, 0.25) is 5.91 Å². The number of piperidine rings is 1. The number of benzene rings is 2. The van der Waals surface area contributed by atoms with Crippen molar-refractivity contribution in [2.45, 2.75) is 50.5 Å². The third-order valence-electron chi connectivity index (χ3n) is 7.65. The summed E-state index contributed by atoms with van der Waals surface area (Å²) in [4.78, 5) is 34.9. The molecular weight excluding hydrogens is 550 g/mol. The first-order chi connectivity index (χ1) is 17.9. The number of hydrogen-bond donors (Lipinski definition) is 0. The molecule has 5 rings (SSSR count). The lowest BCUT2D eigenvalue weighted by atomic mass is 9.87. The highest BCUT2D eigenvalue weighted by atomic mass is 79.9. The van der Waals surface area contributed by atoms with Gasteiger partial charge < -0.3 is 14.5 Å². The molecule has 2 aromatic carbocycles. The van der Waals surface area contributed by atoms with Crippen molar-refractivity contribution in [1.82, 2.24) is 14.8 Å². The number of amides is 2. The highest BCUT2D eigenvalue weighted by Crippen LogP contribution is 2.35. The lowest BCUT2D eigenvalue weighted by Gasteiger charge is -2.33. The van der Waals surface area contributed by atoms with Crippen LogP contribution in [0.5, 0.6) is 5.75 Å². The zero-order valence-corrected chi connectivity index (χ0v) is 23.7. The van der Waals surface area contributed by atoms with Gasteiger partial charge in [-0.25, -0.2) is 4.98 Å². The third-order valence-corrected chi connectivity index (χ3v) is 9.15. The van der Waals surface area contributed by atoms with Crippen LogP contribution in [-0.4, -0.2) is 53.8 Å². The largest absolute Gasteiger partial charge is 0.496 e. The van der Waals surface area contributed by atoms with E-state index >= 15 is 0 Å². The number of fused-ring (bicyclic) bond motifs is 1. The molecule has 37 heavy (non-hydrogen) atoms. The van der Waals surface area contributed by atoms with Crippen LogP contribution in [0.2, 0.25) is 0 Å². The van der Waals surface area contributed by atoms with Crippen molar-refractivity contribution >= 4 is 39.1 Å². The predicted molar refractivity (Wildman–Crippen MR) is 149 cm³/mol. The van der Waals surface area contributed by atoms with Gasteiger partial charge >= 0.3 is 0 Å². The standard InChI is InChI=1S/C29H32BrN3O3S/c1-32(25-9-5-7-19-6-3-4-8-23(19)25)29(35)24-18-37-28(31-24)20-12-14-33(15-13-20)27(34)17-21-16-22(30)10-11-26(21)36-2/h3-4,6,8,10-11,16,18,20,25H,5,7,9,12-15,17H2,1-2H3/t25-/m1/s1. The van der Waals surface area contributed by atoms with E-state index < -0.39 is 0 Å². The second kappa shape index (κ2) is 11.4. The molecule has 1 saturated heterocycles. The molecule has 0 radical (unpaired) electrons. The van der Waals surface area contributed by atoms with Crippen molar-refractivity contribution in [3.8, 4) is 5.75 Å². The Balaban J connectivity index is 1.19. The molecule has 0 saturated carbocycles. The quantitative estimate of drug-likeness (QED) is 0.357. The summed E-state index contributed by atoms with van der Waals surface area (Å²) in [6.45, 7) is 1.39. The van der Waals surface area contributed by atoms with E-state index in [-0.39, 0.29) is 23.8 Å². The number of ether oxygens (including phenoxy) is 1. The number of halogens is 1. The lowest BCUT2D eigenvalue weighted by molar-refractivity contribution is -0.131. The fourth-order valence-corrected chi connectivity index (χ4v) is 6.94. The van der Waals surface area contributed by atoms with E-state index in [0.29, 0.717) is 25.2 Å². The average molecular weight is 583 g/mol. The molecular formula is C29H32BrN3O3S. The predicted octanol–water partition coefficient (Wildman–Crippen LogP) is 6.01. The molecule has 194 valence electrons. The number of rotatable bonds is 6. The Morgan fingerprint density at radius 1 is 1.16 bits per heavy atom. The van der Waals surface area contributed by atoms with Crippen molar-refractivity contribution in [3.05, 3.63) is 79.7 Å². The molecule has 1 atom stereocenters. The Morgan fingerprint density at radius 3 is 2.73 bits per heavy atom. The van der Waals surface area contributed by atoms with Crippen molar-refractivity contribution in [1.29, 1.82) is 0 Å². The van der Waals surface area contributed by atoms with Gasteiger partial charge in [-0.15, -0.1) is 11.3 Å². The van der Waals surface area contributed by atoms with E-state index in [1.165, 1.54) is 11.1 Å². The first-order valence-corrected chi connectivity index (χ1v) is 14.5. The number of likely N-dealkylation sites (tertiary alicyclic amines) is 1. The fraction of sp³-hybridized carbons (Fsp3) is 0.414. The summed E-state index contributed by atoms with van der Waals surface area (Å²) in [5.41, 5.74) is 4.03. The van der Waals surface area contributed by atoms with Crippen molar-refractivity contribution in [2.75, 3.05) is 27.2 Å². The summed E-state index contributed by atoms with van der Waals surface area (Å²) in [6, 6.07) is 14.3.